The lowest BCUT2D eigenvalue weighted by atomic mass is 10.1. The number of nitrogens with one attached hydrogen (secondary N) is 1. The molecule has 1 N–H and O–H groups in total. The zero-order valence-electron chi connectivity index (χ0n) is 13.2. The van der Waals surface area contributed by atoms with Gasteiger partial charge in [0.25, 0.3) is 0 Å². The number of sulfone groups is 1. The van der Waals surface area contributed by atoms with Gasteiger partial charge in [0.1, 0.15) is 0 Å². The summed E-state index contributed by atoms with van der Waals surface area (Å²) in [7, 11) is 0.965. The van der Waals surface area contributed by atoms with Crippen molar-refractivity contribution in [1.29, 1.82) is 0 Å². The second-order valence-corrected chi connectivity index (χ2v) is 8.73. The molecule has 0 aromatic carbocycles. The molecule has 0 bridgehead atoms. The molecule has 22 heavy (non-hydrogen) atoms. The molecule has 2 unspecified atom stereocenters. The molecule has 2 atom stereocenters. The first-order chi connectivity index (χ1) is 10.3. The molecule has 0 radical (unpaired) electrons. The average molecular weight is 331 g/mol. The summed E-state index contributed by atoms with van der Waals surface area (Å²) in [6.45, 7) is 2.01. The number of amides is 2. The van der Waals surface area contributed by atoms with Crippen LogP contribution < -0.4 is 5.32 Å². The Kier molecular flexibility index (Phi) is 5.44. The second-order valence-electron chi connectivity index (χ2n) is 6.51. The fourth-order valence-corrected chi connectivity index (χ4v) is 4.64. The topological polar surface area (TPSA) is 86.8 Å². The van der Waals surface area contributed by atoms with Gasteiger partial charge in [0.2, 0.25) is 11.8 Å². The Morgan fingerprint density at radius 3 is 2.73 bits per heavy atom. The first-order valence-corrected chi connectivity index (χ1v) is 9.52. The molecule has 7 nitrogen and oxygen atoms in total. The van der Waals surface area contributed by atoms with Crippen LogP contribution in [0.25, 0.3) is 0 Å². The highest BCUT2D eigenvalue weighted by Gasteiger charge is 2.36. The van der Waals surface area contributed by atoms with Gasteiger partial charge in [0, 0.05) is 25.6 Å². The first-order valence-electron chi connectivity index (χ1n) is 7.70. The molecule has 126 valence electrons. The molecular weight excluding hydrogens is 306 g/mol. The number of hydrogen-bond donors (Lipinski definition) is 1. The maximum Gasteiger partial charge on any atom is 0.225 e. The van der Waals surface area contributed by atoms with E-state index >= 15 is 0 Å². The van der Waals surface area contributed by atoms with Crippen molar-refractivity contribution < 1.29 is 18.0 Å². The summed E-state index contributed by atoms with van der Waals surface area (Å²) < 4.78 is 22.8. The highest BCUT2D eigenvalue weighted by atomic mass is 32.2. The van der Waals surface area contributed by atoms with Gasteiger partial charge < -0.3 is 15.1 Å². The van der Waals surface area contributed by atoms with Crippen LogP contribution in [0.5, 0.6) is 0 Å². The molecule has 0 spiro atoms. The van der Waals surface area contributed by atoms with Gasteiger partial charge in [0.05, 0.1) is 17.4 Å². The number of rotatable bonds is 6. The van der Waals surface area contributed by atoms with Crippen molar-refractivity contribution in [2.24, 2.45) is 5.92 Å². The van der Waals surface area contributed by atoms with E-state index in [0.29, 0.717) is 19.5 Å². The van der Waals surface area contributed by atoms with E-state index in [4.69, 9.17) is 0 Å². The van der Waals surface area contributed by atoms with E-state index in [9.17, 15) is 18.0 Å². The summed E-state index contributed by atoms with van der Waals surface area (Å²) in [5.74, 6) is -0.372. The molecule has 2 saturated heterocycles. The molecular formula is C14H25N3O4S. The molecule has 2 rings (SSSR count). The van der Waals surface area contributed by atoms with Crippen LogP contribution >= 0.6 is 0 Å². The Morgan fingerprint density at radius 2 is 2.14 bits per heavy atom. The molecule has 2 fully saturated rings. The standard InChI is InChI=1S/C14H25N3O4S/c1-16(2)5-3-6-17-9-11(8-13(17)18)14(19)15-12-4-7-22(20,21)10-12/h11-12H,3-10H2,1-2H3,(H,15,19). The van der Waals surface area contributed by atoms with Crippen molar-refractivity contribution in [3.8, 4) is 0 Å². The van der Waals surface area contributed by atoms with Crippen LogP contribution in [-0.2, 0) is 19.4 Å². The van der Waals surface area contributed by atoms with Crippen molar-refractivity contribution in [1.82, 2.24) is 15.1 Å². The molecule has 2 heterocycles. The van der Waals surface area contributed by atoms with Crippen molar-refractivity contribution in [3.05, 3.63) is 0 Å². The summed E-state index contributed by atoms with van der Waals surface area (Å²) in [5.41, 5.74) is 0. The Balaban J connectivity index is 1.78. The maximum absolute atomic E-state index is 12.2. The van der Waals surface area contributed by atoms with E-state index in [1.165, 1.54) is 0 Å². The lowest BCUT2D eigenvalue weighted by Gasteiger charge is -2.18. The van der Waals surface area contributed by atoms with Crippen LogP contribution in [0.3, 0.4) is 0 Å². The van der Waals surface area contributed by atoms with Gasteiger partial charge in [0.15, 0.2) is 9.84 Å². The van der Waals surface area contributed by atoms with Gasteiger partial charge in [-0.3, -0.25) is 9.59 Å². The summed E-state index contributed by atoms with van der Waals surface area (Å²) in [4.78, 5) is 27.9. The van der Waals surface area contributed by atoms with Gasteiger partial charge >= 0.3 is 0 Å². The van der Waals surface area contributed by atoms with Crippen LogP contribution in [0.4, 0.5) is 0 Å². The number of hydrogen-bond acceptors (Lipinski definition) is 5. The largest absolute Gasteiger partial charge is 0.352 e. The quantitative estimate of drug-likeness (QED) is 0.681. The minimum atomic E-state index is -3.00. The van der Waals surface area contributed by atoms with Gasteiger partial charge in [-0.2, -0.15) is 0 Å². The minimum Gasteiger partial charge on any atom is -0.352 e. The lowest BCUT2D eigenvalue weighted by Crippen LogP contribution is -2.40. The Bertz CT molecular complexity index is 532. The lowest BCUT2D eigenvalue weighted by molar-refractivity contribution is -0.129. The predicted octanol–water partition coefficient (Wildman–Crippen LogP) is -0.910. The van der Waals surface area contributed by atoms with Crippen LogP contribution in [0.1, 0.15) is 19.3 Å². The van der Waals surface area contributed by atoms with Gasteiger partial charge in [-0.15, -0.1) is 0 Å². The number of carbonyl (C=O) groups excluding carboxylic acids is 2. The van der Waals surface area contributed by atoms with E-state index in [0.717, 1.165) is 13.0 Å². The molecule has 2 aliphatic heterocycles. The van der Waals surface area contributed by atoms with Crippen molar-refractivity contribution in [3.63, 3.8) is 0 Å². The van der Waals surface area contributed by atoms with Gasteiger partial charge in [-0.05, 0) is 33.5 Å². The molecule has 0 saturated carbocycles. The van der Waals surface area contributed by atoms with Crippen LogP contribution in [0.2, 0.25) is 0 Å². The van der Waals surface area contributed by atoms with E-state index in [1.54, 1.807) is 4.90 Å². The normalized spacial score (nSPS) is 27.6. The highest BCUT2D eigenvalue weighted by Crippen LogP contribution is 2.19. The molecule has 0 aromatic heterocycles. The zero-order valence-corrected chi connectivity index (χ0v) is 14.1. The Hall–Kier alpha value is -1.15. The fraction of sp³-hybridized carbons (Fsp3) is 0.857. The molecule has 2 amide bonds. The number of likely N-dealkylation sites (tertiary alicyclic amines) is 1. The third-order valence-electron chi connectivity index (χ3n) is 4.20. The predicted molar refractivity (Wildman–Crippen MR) is 83.1 cm³/mol. The summed E-state index contributed by atoms with van der Waals surface area (Å²) in [6, 6.07) is -0.296. The summed E-state index contributed by atoms with van der Waals surface area (Å²) in [5, 5.41) is 2.79. The third-order valence-corrected chi connectivity index (χ3v) is 5.97. The third kappa shape index (κ3) is 4.67. The van der Waals surface area contributed by atoms with E-state index < -0.39 is 9.84 Å². The minimum absolute atomic E-state index is 0.0120. The SMILES string of the molecule is CN(C)CCCN1CC(C(=O)NC2CCS(=O)(=O)C2)CC1=O. The van der Waals surface area contributed by atoms with Crippen molar-refractivity contribution in [2.45, 2.75) is 25.3 Å². The zero-order chi connectivity index (χ0) is 16.3. The molecule has 8 heteroatoms. The van der Waals surface area contributed by atoms with E-state index in [2.05, 4.69) is 10.2 Å². The first kappa shape index (κ1) is 17.2. The summed E-state index contributed by atoms with van der Waals surface area (Å²) >= 11 is 0. The number of nitrogens with zero attached hydrogens (tertiary/aromatic N) is 2. The van der Waals surface area contributed by atoms with Crippen molar-refractivity contribution in [2.75, 3.05) is 45.2 Å². The summed E-state index contributed by atoms with van der Waals surface area (Å²) in [6.07, 6.45) is 1.59. The van der Waals surface area contributed by atoms with Crippen LogP contribution in [-0.4, -0.2) is 81.3 Å². The Morgan fingerprint density at radius 1 is 1.41 bits per heavy atom. The molecule has 0 aromatic rings. The second kappa shape index (κ2) is 6.95. The van der Waals surface area contributed by atoms with Crippen LogP contribution in [0, 0.1) is 5.92 Å². The Labute approximate surface area is 131 Å². The maximum atomic E-state index is 12.2. The van der Waals surface area contributed by atoms with E-state index in [-0.39, 0.29) is 41.7 Å². The smallest absolute Gasteiger partial charge is 0.225 e. The van der Waals surface area contributed by atoms with E-state index in [1.807, 2.05) is 14.1 Å². The average Bonchev–Trinajstić information content (AvgIpc) is 2.93. The van der Waals surface area contributed by atoms with Gasteiger partial charge in [-0.25, -0.2) is 8.42 Å². The molecule has 2 aliphatic rings. The number of carbonyl (C=O) groups is 2. The molecule has 0 aliphatic carbocycles. The monoisotopic (exact) mass is 331 g/mol. The fourth-order valence-electron chi connectivity index (χ4n) is 2.97. The van der Waals surface area contributed by atoms with Crippen molar-refractivity contribution >= 4 is 21.7 Å². The van der Waals surface area contributed by atoms with Gasteiger partial charge in [-0.1, -0.05) is 0 Å². The highest BCUT2D eigenvalue weighted by molar-refractivity contribution is 7.91. The van der Waals surface area contributed by atoms with Crippen LogP contribution in [0.15, 0.2) is 0 Å².